The van der Waals surface area contributed by atoms with E-state index in [1.165, 1.54) is 6.42 Å². The maximum Gasteiger partial charge on any atom is 0.317 e. The van der Waals surface area contributed by atoms with E-state index in [0.717, 1.165) is 64.8 Å². The number of ether oxygens (including phenoxy) is 1. The molecule has 0 aromatic rings. The number of carbonyl (C=O) groups is 2. The molecule has 0 aromatic heterocycles. The Hall–Kier alpha value is -1.34. The van der Waals surface area contributed by atoms with Crippen molar-refractivity contribution in [3.05, 3.63) is 0 Å². The highest BCUT2D eigenvalue weighted by Crippen LogP contribution is 2.42. The lowest BCUT2D eigenvalue weighted by atomic mass is 9.74. The Kier molecular flexibility index (Phi) is 4.86. The standard InChI is InChI=1S/C18H30N4O3/c23-16-12-19-7-9-22(16)15-3-1-8-21(13-15)17(24)20-14-4-10-25-18(11-14)5-2-6-18/h14-15,19H,1-13H2,(H,20,24). The number of nitrogens with one attached hydrogen (secondary N) is 2. The first-order valence-corrected chi connectivity index (χ1v) is 9.85. The summed E-state index contributed by atoms with van der Waals surface area (Å²) in [4.78, 5) is 28.8. The van der Waals surface area contributed by atoms with Crippen LogP contribution >= 0.6 is 0 Å². The first-order valence-electron chi connectivity index (χ1n) is 9.85. The third kappa shape index (κ3) is 3.62. The van der Waals surface area contributed by atoms with E-state index < -0.39 is 0 Å². The Balaban J connectivity index is 1.31. The van der Waals surface area contributed by atoms with Crippen molar-refractivity contribution in [1.82, 2.24) is 20.4 Å². The van der Waals surface area contributed by atoms with Crippen molar-refractivity contribution in [1.29, 1.82) is 0 Å². The topological polar surface area (TPSA) is 73.9 Å². The Labute approximate surface area is 149 Å². The van der Waals surface area contributed by atoms with E-state index >= 15 is 0 Å². The lowest BCUT2D eigenvalue weighted by Gasteiger charge is -2.47. The zero-order chi connectivity index (χ0) is 17.3. The Bertz CT molecular complexity index is 522. The van der Waals surface area contributed by atoms with Crippen LogP contribution in [0.3, 0.4) is 0 Å². The molecule has 4 fully saturated rings. The molecule has 140 valence electrons. The summed E-state index contributed by atoms with van der Waals surface area (Å²) in [6, 6.07) is 0.429. The van der Waals surface area contributed by atoms with Crippen molar-refractivity contribution >= 4 is 11.9 Å². The van der Waals surface area contributed by atoms with Crippen LogP contribution in [0.2, 0.25) is 0 Å². The summed E-state index contributed by atoms with van der Waals surface area (Å²) in [5.41, 5.74) is 0.0495. The van der Waals surface area contributed by atoms with Gasteiger partial charge in [-0.1, -0.05) is 0 Å². The number of carbonyl (C=O) groups excluding carboxylic acids is 2. The van der Waals surface area contributed by atoms with Gasteiger partial charge in [-0.25, -0.2) is 4.79 Å². The molecule has 1 aliphatic carbocycles. The molecule has 7 nitrogen and oxygen atoms in total. The highest BCUT2D eigenvalue weighted by Gasteiger charge is 2.43. The van der Waals surface area contributed by atoms with Gasteiger partial charge in [-0.3, -0.25) is 4.79 Å². The van der Waals surface area contributed by atoms with Crippen LogP contribution in [0.5, 0.6) is 0 Å². The summed E-state index contributed by atoms with van der Waals surface area (Å²) < 4.78 is 5.95. The van der Waals surface area contributed by atoms with Crippen molar-refractivity contribution in [2.45, 2.75) is 62.6 Å². The molecule has 3 aliphatic heterocycles. The first kappa shape index (κ1) is 17.1. The number of piperidine rings is 1. The van der Waals surface area contributed by atoms with Crippen molar-refractivity contribution in [2.24, 2.45) is 0 Å². The predicted molar refractivity (Wildman–Crippen MR) is 93.3 cm³/mol. The summed E-state index contributed by atoms with van der Waals surface area (Å²) in [6.07, 6.45) is 7.33. The minimum absolute atomic E-state index is 0.0358. The van der Waals surface area contributed by atoms with Crippen LogP contribution in [0, 0.1) is 0 Å². The van der Waals surface area contributed by atoms with Crippen LogP contribution in [0.25, 0.3) is 0 Å². The van der Waals surface area contributed by atoms with Crippen molar-refractivity contribution in [3.8, 4) is 0 Å². The molecule has 0 bridgehead atoms. The van der Waals surface area contributed by atoms with Crippen molar-refractivity contribution in [3.63, 3.8) is 0 Å². The molecular formula is C18H30N4O3. The second-order valence-electron chi connectivity index (χ2n) is 8.03. The Morgan fingerprint density at radius 1 is 1.24 bits per heavy atom. The lowest BCUT2D eigenvalue weighted by molar-refractivity contribution is -0.136. The second-order valence-corrected chi connectivity index (χ2v) is 8.03. The number of likely N-dealkylation sites (tertiary alicyclic amines) is 1. The maximum atomic E-state index is 12.8. The number of nitrogens with zero attached hydrogens (tertiary/aromatic N) is 2. The summed E-state index contributed by atoms with van der Waals surface area (Å²) in [6.45, 7) is 4.22. The fraction of sp³-hybridized carbons (Fsp3) is 0.889. The van der Waals surface area contributed by atoms with Crippen LogP contribution in [0.1, 0.15) is 44.9 Å². The third-order valence-electron chi connectivity index (χ3n) is 6.34. The fourth-order valence-corrected chi connectivity index (χ4v) is 4.74. The van der Waals surface area contributed by atoms with E-state index in [2.05, 4.69) is 10.6 Å². The van der Waals surface area contributed by atoms with Gasteiger partial charge in [-0.05, 0) is 44.9 Å². The first-order chi connectivity index (χ1) is 12.2. The number of piperazine rings is 1. The minimum atomic E-state index is 0.0358. The van der Waals surface area contributed by atoms with E-state index in [4.69, 9.17) is 4.74 Å². The highest BCUT2D eigenvalue weighted by atomic mass is 16.5. The molecule has 4 aliphatic rings. The van der Waals surface area contributed by atoms with Crippen LogP contribution in [0.4, 0.5) is 4.79 Å². The molecule has 0 aromatic carbocycles. The monoisotopic (exact) mass is 350 g/mol. The molecule has 3 saturated heterocycles. The van der Waals surface area contributed by atoms with Gasteiger partial charge in [0.1, 0.15) is 0 Å². The Morgan fingerprint density at radius 2 is 2.12 bits per heavy atom. The zero-order valence-electron chi connectivity index (χ0n) is 15.0. The quantitative estimate of drug-likeness (QED) is 0.769. The molecule has 2 atom stereocenters. The second kappa shape index (κ2) is 7.11. The minimum Gasteiger partial charge on any atom is -0.375 e. The van der Waals surface area contributed by atoms with Crippen LogP contribution in [-0.2, 0) is 9.53 Å². The van der Waals surface area contributed by atoms with E-state index in [0.29, 0.717) is 13.1 Å². The molecule has 1 saturated carbocycles. The van der Waals surface area contributed by atoms with Crippen molar-refractivity contribution in [2.75, 3.05) is 39.3 Å². The lowest BCUT2D eigenvalue weighted by Crippen LogP contribution is -2.59. The molecule has 2 unspecified atom stereocenters. The smallest absolute Gasteiger partial charge is 0.317 e. The molecule has 7 heteroatoms. The summed E-state index contributed by atoms with van der Waals surface area (Å²) >= 11 is 0. The fourth-order valence-electron chi connectivity index (χ4n) is 4.74. The van der Waals surface area contributed by atoms with Crippen molar-refractivity contribution < 1.29 is 14.3 Å². The van der Waals surface area contributed by atoms with E-state index in [1.807, 2.05) is 9.80 Å². The van der Waals surface area contributed by atoms with E-state index in [1.54, 1.807) is 0 Å². The third-order valence-corrected chi connectivity index (χ3v) is 6.34. The normalized spacial score (nSPS) is 32.4. The Morgan fingerprint density at radius 3 is 2.88 bits per heavy atom. The van der Waals surface area contributed by atoms with Gasteiger partial charge in [0.15, 0.2) is 0 Å². The molecule has 0 radical (unpaired) electrons. The van der Waals surface area contributed by atoms with Gasteiger partial charge in [0.2, 0.25) is 5.91 Å². The molecule has 1 spiro atoms. The number of hydrogen-bond acceptors (Lipinski definition) is 4. The van der Waals surface area contributed by atoms with Crippen LogP contribution < -0.4 is 10.6 Å². The summed E-state index contributed by atoms with van der Waals surface area (Å²) in [5, 5.41) is 6.35. The predicted octanol–water partition coefficient (Wildman–Crippen LogP) is 0.694. The average molecular weight is 350 g/mol. The number of rotatable bonds is 2. The van der Waals surface area contributed by atoms with E-state index in [-0.39, 0.29) is 29.6 Å². The number of amides is 3. The summed E-state index contributed by atoms with van der Waals surface area (Å²) in [7, 11) is 0. The number of hydrogen-bond donors (Lipinski definition) is 2. The van der Waals surface area contributed by atoms with Gasteiger partial charge in [0.25, 0.3) is 0 Å². The van der Waals surface area contributed by atoms with Gasteiger partial charge in [-0.2, -0.15) is 0 Å². The van der Waals surface area contributed by atoms with Crippen LogP contribution in [-0.4, -0.2) is 78.8 Å². The molecule has 4 rings (SSSR count). The summed E-state index contributed by atoms with van der Waals surface area (Å²) in [5.74, 6) is 0.162. The molecular weight excluding hydrogens is 320 g/mol. The van der Waals surface area contributed by atoms with Crippen LogP contribution in [0.15, 0.2) is 0 Å². The van der Waals surface area contributed by atoms with Gasteiger partial charge in [-0.15, -0.1) is 0 Å². The van der Waals surface area contributed by atoms with Gasteiger partial charge in [0, 0.05) is 44.9 Å². The van der Waals surface area contributed by atoms with Gasteiger partial charge in [0.05, 0.1) is 12.1 Å². The number of urea groups is 1. The molecule has 3 amide bonds. The molecule has 25 heavy (non-hydrogen) atoms. The SMILES string of the molecule is O=C(NC1CCOC2(CCC2)C1)N1CCCC(N2CCNCC2=O)C1. The maximum absolute atomic E-state index is 12.8. The highest BCUT2D eigenvalue weighted by molar-refractivity contribution is 5.79. The molecule has 2 N–H and O–H groups in total. The molecule has 3 heterocycles. The van der Waals surface area contributed by atoms with E-state index in [9.17, 15) is 9.59 Å². The van der Waals surface area contributed by atoms with Gasteiger partial charge >= 0.3 is 6.03 Å². The van der Waals surface area contributed by atoms with Gasteiger partial charge < -0.3 is 25.2 Å². The largest absolute Gasteiger partial charge is 0.375 e. The zero-order valence-corrected chi connectivity index (χ0v) is 15.0. The average Bonchev–Trinajstić information content (AvgIpc) is 2.61.